The summed E-state index contributed by atoms with van der Waals surface area (Å²) in [5, 5.41) is 4.32. The van der Waals surface area contributed by atoms with Crippen molar-refractivity contribution in [2.75, 3.05) is 5.32 Å². The summed E-state index contributed by atoms with van der Waals surface area (Å²) in [6.45, 7) is 8.33. The molecule has 1 saturated heterocycles. The SMILES string of the molecule is CC1(C)OB(c2ccc3c(c2)CCc2cc(Cl)ccc2N3)OC1(C)C. The van der Waals surface area contributed by atoms with Crippen LogP contribution in [0.15, 0.2) is 36.4 Å². The Morgan fingerprint density at radius 2 is 1.44 bits per heavy atom. The molecule has 3 nitrogen and oxygen atoms in total. The van der Waals surface area contributed by atoms with Crippen LogP contribution in [0.3, 0.4) is 0 Å². The third-order valence-corrected chi connectivity index (χ3v) is 5.89. The van der Waals surface area contributed by atoms with Gasteiger partial charge in [0.25, 0.3) is 0 Å². The van der Waals surface area contributed by atoms with E-state index in [0.717, 1.165) is 34.7 Å². The van der Waals surface area contributed by atoms with Crippen molar-refractivity contribution in [3.63, 3.8) is 0 Å². The second kappa shape index (κ2) is 5.77. The Bertz CT molecular complexity index is 818. The quantitative estimate of drug-likeness (QED) is 0.765. The van der Waals surface area contributed by atoms with Crippen LogP contribution in [0.5, 0.6) is 0 Å². The fourth-order valence-electron chi connectivity index (χ4n) is 3.37. The van der Waals surface area contributed by atoms with E-state index in [1.807, 2.05) is 12.1 Å². The second-order valence-electron chi connectivity index (χ2n) is 7.93. The summed E-state index contributed by atoms with van der Waals surface area (Å²) >= 11 is 6.15. The third-order valence-electron chi connectivity index (χ3n) is 5.66. The summed E-state index contributed by atoms with van der Waals surface area (Å²) in [5.74, 6) is 0. The van der Waals surface area contributed by atoms with E-state index in [0.29, 0.717) is 0 Å². The first-order chi connectivity index (χ1) is 11.7. The summed E-state index contributed by atoms with van der Waals surface area (Å²) in [4.78, 5) is 0. The zero-order valence-corrected chi connectivity index (χ0v) is 15.9. The van der Waals surface area contributed by atoms with E-state index in [9.17, 15) is 0 Å². The monoisotopic (exact) mass is 355 g/mol. The Kier molecular flexibility index (Phi) is 3.91. The van der Waals surface area contributed by atoms with Crippen molar-refractivity contribution >= 4 is 35.6 Å². The largest absolute Gasteiger partial charge is 0.494 e. The van der Waals surface area contributed by atoms with Crippen molar-refractivity contribution in [1.82, 2.24) is 0 Å². The fourth-order valence-corrected chi connectivity index (χ4v) is 3.57. The number of fused-ring (bicyclic) bond motifs is 2. The van der Waals surface area contributed by atoms with Crippen molar-refractivity contribution in [2.24, 2.45) is 0 Å². The van der Waals surface area contributed by atoms with Crippen LogP contribution in [-0.4, -0.2) is 18.3 Å². The molecule has 2 aromatic rings. The summed E-state index contributed by atoms with van der Waals surface area (Å²) in [6.07, 6.45) is 1.92. The van der Waals surface area contributed by atoms with Gasteiger partial charge in [0.2, 0.25) is 0 Å². The molecule has 5 heteroatoms. The number of nitrogens with one attached hydrogen (secondary N) is 1. The molecule has 2 aliphatic heterocycles. The molecule has 130 valence electrons. The van der Waals surface area contributed by atoms with E-state index in [-0.39, 0.29) is 18.3 Å². The van der Waals surface area contributed by atoms with Crippen molar-refractivity contribution in [1.29, 1.82) is 0 Å². The van der Waals surface area contributed by atoms with Crippen LogP contribution in [0, 0.1) is 0 Å². The number of aryl methyl sites for hydroxylation is 2. The highest BCUT2D eigenvalue weighted by Crippen LogP contribution is 2.37. The summed E-state index contributed by atoms with van der Waals surface area (Å²) in [6, 6.07) is 12.4. The molecule has 0 bridgehead atoms. The Balaban J connectivity index is 1.63. The standard InChI is InChI=1S/C20H23BClNO2/c1-19(2)20(3,4)25-21(24-19)15-7-9-17-13(11-15)5-6-14-12-16(22)8-10-18(14)23-17/h7-12,23H,5-6H2,1-4H3. The van der Waals surface area contributed by atoms with Gasteiger partial charge >= 0.3 is 7.12 Å². The van der Waals surface area contributed by atoms with Crippen molar-refractivity contribution < 1.29 is 9.31 Å². The molecule has 0 saturated carbocycles. The normalized spacial score (nSPS) is 20.4. The van der Waals surface area contributed by atoms with Crippen molar-refractivity contribution in [2.45, 2.75) is 51.7 Å². The van der Waals surface area contributed by atoms with E-state index < -0.39 is 0 Å². The lowest BCUT2D eigenvalue weighted by Crippen LogP contribution is -2.41. The molecule has 0 unspecified atom stereocenters. The van der Waals surface area contributed by atoms with Crippen LogP contribution in [0.1, 0.15) is 38.8 Å². The Morgan fingerprint density at radius 1 is 0.880 bits per heavy atom. The zero-order valence-electron chi connectivity index (χ0n) is 15.2. The van der Waals surface area contributed by atoms with Crippen LogP contribution < -0.4 is 10.8 Å². The lowest BCUT2D eigenvalue weighted by Gasteiger charge is -2.32. The lowest BCUT2D eigenvalue weighted by atomic mass is 9.78. The van der Waals surface area contributed by atoms with Crippen molar-refractivity contribution in [3.8, 4) is 0 Å². The minimum atomic E-state index is -0.324. The molecule has 2 aliphatic rings. The average Bonchev–Trinajstić information content (AvgIpc) is 2.68. The first kappa shape index (κ1) is 17.0. The smallest absolute Gasteiger partial charge is 0.399 e. The molecule has 2 heterocycles. The lowest BCUT2D eigenvalue weighted by molar-refractivity contribution is 0.00578. The predicted octanol–water partition coefficient (Wildman–Crippen LogP) is 4.48. The highest BCUT2D eigenvalue weighted by molar-refractivity contribution is 6.62. The molecule has 0 amide bonds. The van der Waals surface area contributed by atoms with Gasteiger partial charge in [0.15, 0.2) is 0 Å². The maximum atomic E-state index is 6.19. The van der Waals surface area contributed by atoms with E-state index in [1.54, 1.807) is 0 Å². The molecule has 25 heavy (non-hydrogen) atoms. The van der Waals surface area contributed by atoms with Crippen LogP contribution in [0.25, 0.3) is 0 Å². The van der Waals surface area contributed by atoms with E-state index >= 15 is 0 Å². The van der Waals surface area contributed by atoms with Gasteiger partial charge in [0, 0.05) is 16.4 Å². The number of halogens is 1. The molecule has 1 N–H and O–H groups in total. The molecule has 0 spiro atoms. The zero-order chi connectivity index (χ0) is 17.8. The second-order valence-corrected chi connectivity index (χ2v) is 8.37. The van der Waals surface area contributed by atoms with Gasteiger partial charge in [0.1, 0.15) is 0 Å². The van der Waals surface area contributed by atoms with E-state index in [1.165, 1.54) is 11.1 Å². The maximum Gasteiger partial charge on any atom is 0.494 e. The van der Waals surface area contributed by atoms with Gasteiger partial charge in [0.05, 0.1) is 11.2 Å². The van der Waals surface area contributed by atoms with Gasteiger partial charge in [-0.2, -0.15) is 0 Å². The number of benzene rings is 2. The number of hydrogen-bond acceptors (Lipinski definition) is 3. The van der Waals surface area contributed by atoms with Crippen LogP contribution in [0.4, 0.5) is 11.4 Å². The molecule has 0 atom stereocenters. The first-order valence-electron chi connectivity index (χ1n) is 8.79. The molecule has 4 rings (SSSR count). The molecule has 1 fully saturated rings. The third kappa shape index (κ3) is 2.97. The summed E-state index contributed by atoms with van der Waals surface area (Å²) in [5.41, 5.74) is 5.22. The maximum absolute atomic E-state index is 6.19. The number of hydrogen-bond donors (Lipinski definition) is 1. The van der Waals surface area contributed by atoms with Crippen LogP contribution in [-0.2, 0) is 22.2 Å². The Hall–Kier alpha value is -1.49. The van der Waals surface area contributed by atoms with Gasteiger partial charge in [-0.3, -0.25) is 0 Å². The van der Waals surface area contributed by atoms with E-state index in [2.05, 4.69) is 57.3 Å². The van der Waals surface area contributed by atoms with Crippen LogP contribution in [0.2, 0.25) is 5.02 Å². The molecular weight excluding hydrogens is 332 g/mol. The van der Waals surface area contributed by atoms with Crippen molar-refractivity contribution in [3.05, 3.63) is 52.5 Å². The van der Waals surface area contributed by atoms with Gasteiger partial charge in [-0.05, 0) is 81.4 Å². The highest BCUT2D eigenvalue weighted by Gasteiger charge is 2.51. The summed E-state index contributed by atoms with van der Waals surface area (Å²) < 4.78 is 12.4. The fraction of sp³-hybridized carbons (Fsp3) is 0.400. The van der Waals surface area contributed by atoms with Gasteiger partial charge < -0.3 is 14.6 Å². The Labute approximate surface area is 154 Å². The average molecular weight is 356 g/mol. The van der Waals surface area contributed by atoms with Gasteiger partial charge in [-0.1, -0.05) is 23.7 Å². The first-order valence-corrected chi connectivity index (χ1v) is 9.17. The summed E-state index contributed by atoms with van der Waals surface area (Å²) in [7, 11) is -0.324. The minimum absolute atomic E-state index is 0.324. The van der Waals surface area contributed by atoms with Gasteiger partial charge in [-0.15, -0.1) is 0 Å². The molecule has 2 aromatic carbocycles. The van der Waals surface area contributed by atoms with Gasteiger partial charge in [-0.25, -0.2) is 0 Å². The molecular formula is C20H23BClNO2. The van der Waals surface area contributed by atoms with Crippen LogP contribution >= 0.6 is 11.6 Å². The van der Waals surface area contributed by atoms with E-state index in [4.69, 9.17) is 20.9 Å². The Morgan fingerprint density at radius 3 is 2.08 bits per heavy atom. The number of rotatable bonds is 1. The molecule has 0 aromatic heterocycles. The topological polar surface area (TPSA) is 30.5 Å². The number of anilines is 2. The molecule has 0 aliphatic carbocycles. The molecule has 0 radical (unpaired) electrons. The minimum Gasteiger partial charge on any atom is -0.399 e. The highest BCUT2D eigenvalue weighted by atomic mass is 35.5. The predicted molar refractivity (Wildman–Crippen MR) is 104 cm³/mol.